The van der Waals surface area contributed by atoms with Gasteiger partial charge in [0, 0.05) is 0 Å². The summed E-state index contributed by atoms with van der Waals surface area (Å²) in [4.78, 5) is 0. The van der Waals surface area contributed by atoms with Gasteiger partial charge in [-0.3, -0.25) is 0 Å². The Labute approximate surface area is 155 Å². The molecule has 1 aliphatic rings. The van der Waals surface area contributed by atoms with Crippen molar-refractivity contribution >= 4 is 6.08 Å². The van der Waals surface area contributed by atoms with Crippen molar-refractivity contribution in [3.63, 3.8) is 0 Å². The van der Waals surface area contributed by atoms with Crippen molar-refractivity contribution < 1.29 is 0 Å². The molecule has 0 heterocycles. The fraction of sp³-hybridized carbons (Fsp3) is 0. The van der Waals surface area contributed by atoms with Crippen molar-refractivity contribution in [2.45, 2.75) is 0 Å². The van der Waals surface area contributed by atoms with E-state index in [1.165, 1.54) is 33.7 Å². The van der Waals surface area contributed by atoms with E-state index >= 15 is 0 Å². The maximum Gasteiger partial charge on any atom is 0.0632 e. The van der Waals surface area contributed by atoms with E-state index in [0.29, 0.717) is 0 Å². The lowest BCUT2D eigenvalue weighted by molar-refractivity contribution is 1.23. The highest BCUT2D eigenvalue weighted by molar-refractivity contribution is 5.65. The predicted octanol–water partition coefficient (Wildman–Crippen LogP) is 6.42. The fourth-order valence-corrected chi connectivity index (χ4v) is 3.24. The summed E-state index contributed by atoms with van der Waals surface area (Å²) >= 11 is 0. The van der Waals surface area contributed by atoms with E-state index in [-0.39, 0.29) is 0 Å². The maximum absolute atomic E-state index is 2.27. The molecule has 0 spiro atoms. The van der Waals surface area contributed by atoms with Crippen molar-refractivity contribution in [2.24, 2.45) is 0 Å². The first-order valence-corrected chi connectivity index (χ1v) is 8.88. The van der Waals surface area contributed by atoms with Gasteiger partial charge >= 0.3 is 0 Å². The van der Waals surface area contributed by atoms with E-state index in [1.807, 2.05) is 6.42 Å². The molecule has 0 N–H and O–H groups in total. The molecule has 0 saturated carbocycles. The Morgan fingerprint density at radius 3 is 1.81 bits per heavy atom. The van der Waals surface area contributed by atoms with Gasteiger partial charge in [0.2, 0.25) is 0 Å². The highest BCUT2D eigenvalue weighted by Gasteiger charge is 2.22. The minimum Gasteiger partial charge on any atom is -0.172 e. The van der Waals surface area contributed by atoms with Crippen molar-refractivity contribution in [2.75, 3.05) is 0 Å². The van der Waals surface area contributed by atoms with Crippen molar-refractivity contribution in [1.82, 2.24) is 0 Å². The highest BCUT2D eigenvalue weighted by atomic mass is 14.2. The molecule has 0 fully saturated rings. The standard InChI is InChI=1S/C26H20/c1-4-11-21(12-5-1)19-22-13-10-18-25(20-22)26(23-14-6-2-7-15-23)24-16-8-3-9-17-24/h1-20H. The average Bonchev–Trinajstić information content (AvgIpc) is 2.71. The molecule has 124 valence electrons. The third-order valence-corrected chi connectivity index (χ3v) is 4.43. The van der Waals surface area contributed by atoms with Crippen LogP contribution >= 0.6 is 0 Å². The van der Waals surface area contributed by atoms with E-state index in [4.69, 9.17) is 0 Å². The maximum atomic E-state index is 2.27. The quantitative estimate of drug-likeness (QED) is 0.382. The van der Waals surface area contributed by atoms with Crippen LogP contribution in [0.4, 0.5) is 0 Å². The molecular formula is C26H20. The molecule has 3 aromatic rings. The van der Waals surface area contributed by atoms with Crippen LogP contribution in [0.15, 0.2) is 115 Å². The Kier molecular flexibility index (Phi) is 4.75. The molecule has 0 unspecified atom stereocenters. The van der Waals surface area contributed by atoms with E-state index in [1.54, 1.807) is 0 Å². The lowest BCUT2D eigenvalue weighted by atomic mass is 9.84. The van der Waals surface area contributed by atoms with Gasteiger partial charge in [0.15, 0.2) is 0 Å². The summed E-state index contributed by atoms with van der Waals surface area (Å²) in [5.74, 6) is 1.26. The highest BCUT2D eigenvalue weighted by Crippen LogP contribution is 2.31. The van der Waals surface area contributed by atoms with Crippen LogP contribution < -0.4 is 0 Å². The molecule has 26 heavy (non-hydrogen) atoms. The Morgan fingerprint density at radius 1 is 0.615 bits per heavy atom. The molecule has 0 bridgehead atoms. The minimum atomic E-state index is 1.21. The number of allylic oxidation sites excluding steroid dienone is 5. The van der Waals surface area contributed by atoms with Gasteiger partial charge in [0.25, 0.3) is 0 Å². The predicted molar refractivity (Wildman–Crippen MR) is 110 cm³/mol. The van der Waals surface area contributed by atoms with Gasteiger partial charge in [-0.15, -0.1) is 5.57 Å². The normalized spacial score (nSPS) is 12.5. The van der Waals surface area contributed by atoms with Gasteiger partial charge in [-0.05, 0) is 78.4 Å². The molecule has 0 heteroatoms. The van der Waals surface area contributed by atoms with Crippen molar-refractivity contribution in [3.05, 3.63) is 149 Å². The van der Waals surface area contributed by atoms with E-state index in [0.717, 1.165) is 0 Å². The van der Waals surface area contributed by atoms with Crippen LogP contribution in [0.3, 0.4) is 0 Å². The van der Waals surface area contributed by atoms with Gasteiger partial charge in [0.05, 0.1) is 22.6 Å². The zero-order valence-corrected chi connectivity index (χ0v) is 14.5. The topological polar surface area (TPSA) is 0 Å². The number of hydrogen-bond acceptors (Lipinski definition) is 0. The van der Waals surface area contributed by atoms with Crippen LogP contribution in [-0.4, -0.2) is 0 Å². The van der Waals surface area contributed by atoms with Crippen LogP contribution in [0.5, 0.6) is 0 Å². The van der Waals surface area contributed by atoms with Crippen LogP contribution in [0.1, 0.15) is 22.3 Å². The van der Waals surface area contributed by atoms with E-state index < -0.39 is 0 Å². The zero-order valence-electron chi connectivity index (χ0n) is 14.5. The number of rotatable bonds is 4. The fourth-order valence-electron chi connectivity index (χ4n) is 3.24. The summed E-state index contributed by atoms with van der Waals surface area (Å²) in [6.45, 7) is 0. The first kappa shape index (κ1) is 16.1. The molecule has 0 aliphatic heterocycles. The molecule has 1 aliphatic carbocycles. The van der Waals surface area contributed by atoms with Gasteiger partial charge < -0.3 is 0 Å². The molecule has 0 atom stereocenters. The lowest BCUT2D eigenvalue weighted by Crippen LogP contribution is -2.04. The van der Waals surface area contributed by atoms with Crippen LogP contribution in [0.25, 0.3) is 6.08 Å². The third-order valence-electron chi connectivity index (χ3n) is 4.43. The minimum absolute atomic E-state index is 1.21. The lowest BCUT2D eigenvalue weighted by Gasteiger charge is -2.14. The monoisotopic (exact) mass is 332 g/mol. The van der Waals surface area contributed by atoms with E-state index in [2.05, 4.69) is 115 Å². The molecule has 0 radical (unpaired) electrons. The third kappa shape index (κ3) is 3.65. The molecule has 0 saturated heterocycles. The Balaban J connectivity index is 1.77. The largest absolute Gasteiger partial charge is 0.172 e. The second kappa shape index (κ2) is 7.67. The molecule has 0 aromatic heterocycles. The summed E-state index contributed by atoms with van der Waals surface area (Å²) in [7, 11) is 0. The van der Waals surface area contributed by atoms with Crippen LogP contribution in [0, 0.1) is 12.3 Å². The molecule has 4 rings (SSSR count). The number of benzene rings is 3. The van der Waals surface area contributed by atoms with Crippen LogP contribution in [0.2, 0.25) is 0 Å². The summed E-state index contributed by atoms with van der Waals surface area (Å²) < 4.78 is 0. The average molecular weight is 332 g/mol. The summed E-state index contributed by atoms with van der Waals surface area (Å²) in [6, 6.07) is 30.0. The van der Waals surface area contributed by atoms with Crippen molar-refractivity contribution in [3.8, 4) is 0 Å². The molecular weight excluding hydrogens is 312 g/mol. The summed E-state index contributed by atoms with van der Waals surface area (Å²) in [6.07, 6.45) is 12.7. The summed E-state index contributed by atoms with van der Waals surface area (Å²) in [5, 5.41) is 0. The second-order valence-corrected chi connectivity index (χ2v) is 6.29. The number of hydrogen-bond donors (Lipinski definition) is 0. The first-order valence-electron chi connectivity index (χ1n) is 8.88. The van der Waals surface area contributed by atoms with Gasteiger partial charge in [0.1, 0.15) is 0 Å². The molecule has 0 nitrogen and oxygen atoms in total. The zero-order chi connectivity index (χ0) is 17.6. The van der Waals surface area contributed by atoms with Gasteiger partial charge in [-0.2, -0.15) is 30.7 Å². The SMILES string of the molecule is C1=CC(=Cc2cccc([C+](c3ccccc3)c3ccccc3)c2)C=C[CH-]1. The first-order chi connectivity index (χ1) is 12.9. The van der Waals surface area contributed by atoms with Crippen LogP contribution in [-0.2, 0) is 0 Å². The second-order valence-electron chi connectivity index (χ2n) is 6.29. The van der Waals surface area contributed by atoms with E-state index in [9.17, 15) is 0 Å². The van der Waals surface area contributed by atoms with Gasteiger partial charge in [-0.1, -0.05) is 18.2 Å². The Hall–Kier alpha value is -3.38. The Morgan fingerprint density at radius 2 is 1.19 bits per heavy atom. The van der Waals surface area contributed by atoms with Gasteiger partial charge in [-0.25, -0.2) is 0 Å². The Bertz CT molecular complexity index is 890. The van der Waals surface area contributed by atoms with Crippen molar-refractivity contribution in [1.29, 1.82) is 0 Å². The smallest absolute Gasteiger partial charge is 0.0632 e. The molecule has 3 aromatic carbocycles. The molecule has 0 amide bonds. The summed E-state index contributed by atoms with van der Waals surface area (Å²) in [5.41, 5.74) is 6.11.